The van der Waals surface area contributed by atoms with E-state index in [4.69, 9.17) is 0 Å². The zero-order valence-corrected chi connectivity index (χ0v) is 11.2. The Morgan fingerprint density at radius 1 is 1.47 bits per heavy atom. The lowest BCUT2D eigenvalue weighted by Crippen LogP contribution is -2.43. The number of carbonyl (C=O) groups excluding carboxylic acids is 2. The monoisotopic (exact) mass is 241 g/mol. The van der Waals surface area contributed by atoms with Crippen LogP contribution in [0.25, 0.3) is 0 Å². The quantitative estimate of drug-likeness (QED) is 0.734. The van der Waals surface area contributed by atoms with E-state index in [9.17, 15) is 9.59 Å². The summed E-state index contributed by atoms with van der Waals surface area (Å²) >= 11 is 0. The molecular formula is C12H23N3O2. The van der Waals surface area contributed by atoms with Crippen LogP contribution in [0.5, 0.6) is 0 Å². The van der Waals surface area contributed by atoms with Crippen molar-refractivity contribution in [3.63, 3.8) is 0 Å². The minimum Gasteiger partial charge on any atom is -0.351 e. The summed E-state index contributed by atoms with van der Waals surface area (Å²) in [5.74, 6) is 0.106. The van der Waals surface area contributed by atoms with Crippen molar-refractivity contribution in [2.75, 3.05) is 20.1 Å². The summed E-state index contributed by atoms with van der Waals surface area (Å²) in [6.07, 6.45) is 1.20. The van der Waals surface area contributed by atoms with Crippen molar-refractivity contribution in [1.82, 2.24) is 15.5 Å². The number of likely N-dealkylation sites (N-methyl/N-ethyl adjacent to an activating group) is 1. The van der Waals surface area contributed by atoms with E-state index in [0.717, 1.165) is 13.0 Å². The van der Waals surface area contributed by atoms with E-state index < -0.39 is 0 Å². The number of rotatable bonds is 4. The number of nitrogens with one attached hydrogen (secondary N) is 2. The fraction of sp³-hybridized carbons (Fsp3) is 0.833. The van der Waals surface area contributed by atoms with E-state index in [1.165, 1.54) is 0 Å². The third-order valence-electron chi connectivity index (χ3n) is 2.77. The second-order valence-corrected chi connectivity index (χ2v) is 5.50. The molecule has 2 amide bonds. The lowest BCUT2D eigenvalue weighted by atomic mass is 10.1. The van der Waals surface area contributed by atoms with Crippen LogP contribution < -0.4 is 10.6 Å². The average Bonchev–Trinajstić information content (AvgIpc) is 2.54. The van der Waals surface area contributed by atoms with Crippen molar-refractivity contribution in [2.45, 2.75) is 45.2 Å². The molecule has 1 heterocycles. The normalized spacial score (nSPS) is 20.8. The minimum atomic E-state index is -0.209. The summed E-state index contributed by atoms with van der Waals surface area (Å²) in [5, 5.41) is 5.87. The molecule has 98 valence electrons. The predicted octanol–water partition coefficient (Wildman–Crippen LogP) is 0.112. The smallest absolute Gasteiger partial charge is 0.239 e. The Kier molecular flexibility index (Phi) is 4.51. The molecule has 0 aromatic heterocycles. The van der Waals surface area contributed by atoms with Crippen LogP contribution in [0, 0.1) is 0 Å². The molecule has 1 unspecified atom stereocenters. The lowest BCUT2D eigenvalue weighted by molar-refractivity contribution is -0.130. The Hall–Kier alpha value is -1.10. The van der Waals surface area contributed by atoms with E-state index in [0.29, 0.717) is 13.0 Å². The van der Waals surface area contributed by atoms with Gasteiger partial charge in [0.1, 0.15) is 0 Å². The van der Waals surface area contributed by atoms with Gasteiger partial charge in [-0.05, 0) is 34.2 Å². The molecule has 0 bridgehead atoms. The Bertz CT molecular complexity index is 297. The first kappa shape index (κ1) is 14.0. The molecule has 0 saturated carbocycles. The van der Waals surface area contributed by atoms with Crippen molar-refractivity contribution in [3.8, 4) is 0 Å². The molecule has 17 heavy (non-hydrogen) atoms. The molecule has 5 heteroatoms. The van der Waals surface area contributed by atoms with Gasteiger partial charge >= 0.3 is 0 Å². The molecule has 5 nitrogen and oxygen atoms in total. The van der Waals surface area contributed by atoms with Crippen LogP contribution in [0.4, 0.5) is 0 Å². The van der Waals surface area contributed by atoms with Gasteiger partial charge in [-0.3, -0.25) is 9.59 Å². The van der Waals surface area contributed by atoms with Crippen LogP contribution >= 0.6 is 0 Å². The highest BCUT2D eigenvalue weighted by Crippen LogP contribution is 2.11. The molecule has 1 atom stereocenters. The van der Waals surface area contributed by atoms with Gasteiger partial charge in [0.05, 0.1) is 6.04 Å². The summed E-state index contributed by atoms with van der Waals surface area (Å²) in [7, 11) is 1.79. The first-order valence-electron chi connectivity index (χ1n) is 6.10. The van der Waals surface area contributed by atoms with Gasteiger partial charge in [0.15, 0.2) is 0 Å². The van der Waals surface area contributed by atoms with Crippen LogP contribution in [0.1, 0.15) is 33.6 Å². The summed E-state index contributed by atoms with van der Waals surface area (Å²) in [6, 6.07) is -0.0688. The largest absolute Gasteiger partial charge is 0.351 e. The summed E-state index contributed by atoms with van der Waals surface area (Å²) < 4.78 is 0. The Morgan fingerprint density at radius 3 is 2.59 bits per heavy atom. The molecular weight excluding hydrogens is 218 g/mol. The highest BCUT2D eigenvalue weighted by molar-refractivity contribution is 5.84. The van der Waals surface area contributed by atoms with Crippen molar-refractivity contribution >= 4 is 11.8 Å². The van der Waals surface area contributed by atoms with Crippen molar-refractivity contribution in [1.29, 1.82) is 0 Å². The van der Waals surface area contributed by atoms with Crippen LogP contribution in [0.15, 0.2) is 0 Å². The zero-order valence-electron chi connectivity index (χ0n) is 11.2. The highest BCUT2D eigenvalue weighted by Gasteiger charge is 2.30. The maximum absolute atomic E-state index is 11.8. The molecule has 0 aromatic carbocycles. The Balaban J connectivity index is 2.32. The molecule has 0 spiro atoms. The van der Waals surface area contributed by atoms with Gasteiger partial charge in [-0.15, -0.1) is 0 Å². The molecule has 0 radical (unpaired) electrons. The number of nitrogens with zero attached hydrogens (tertiary/aromatic N) is 1. The van der Waals surface area contributed by atoms with Crippen LogP contribution in [0.3, 0.4) is 0 Å². The van der Waals surface area contributed by atoms with E-state index in [1.54, 1.807) is 11.9 Å². The topological polar surface area (TPSA) is 61.4 Å². The van der Waals surface area contributed by atoms with E-state index in [-0.39, 0.29) is 23.4 Å². The molecule has 1 fully saturated rings. The molecule has 2 N–H and O–H groups in total. The number of amides is 2. The highest BCUT2D eigenvalue weighted by atomic mass is 16.2. The van der Waals surface area contributed by atoms with Gasteiger partial charge in [-0.2, -0.15) is 0 Å². The van der Waals surface area contributed by atoms with E-state index in [2.05, 4.69) is 10.6 Å². The summed E-state index contributed by atoms with van der Waals surface area (Å²) in [5.41, 5.74) is -0.209. The zero-order chi connectivity index (χ0) is 13.1. The number of carbonyl (C=O) groups is 2. The first-order valence-corrected chi connectivity index (χ1v) is 6.10. The van der Waals surface area contributed by atoms with E-state index >= 15 is 0 Å². The number of hydrogen-bond donors (Lipinski definition) is 2. The van der Waals surface area contributed by atoms with Crippen LogP contribution in [-0.2, 0) is 9.59 Å². The number of hydrogen-bond acceptors (Lipinski definition) is 3. The molecule has 1 saturated heterocycles. The van der Waals surface area contributed by atoms with Crippen molar-refractivity contribution < 1.29 is 9.59 Å². The maximum atomic E-state index is 11.8. The van der Waals surface area contributed by atoms with Gasteiger partial charge in [0.25, 0.3) is 0 Å². The summed E-state index contributed by atoms with van der Waals surface area (Å²) in [6.45, 7) is 7.10. The second kappa shape index (κ2) is 5.49. The van der Waals surface area contributed by atoms with Gasteiger partial charge in [0.2, 0.25) is 11.8 Å². The van der Waals surface area contributed by atoms with Gasteiger partial charge in [-0.1, -0.05) is 0 Å². The number of likely N-dealkylation sites (tertiary alicyclic amines) is 1. The minimum absolute atomic E-state index is 0.00166. The fourth-order valence-corrected chi connectivity index (χ4v) is 1.95. The SMILES string of the molecule is CNC1CCN(CCC(=O)NC(C)(C)C)C1=O. The second-order valence-electron chi connectivity index (χ2n) is 5.50. The lowest BCUT2D eigenvalue weighted by Gasteiger charge is -2.22. The van der Waals surface area contributed by atoms with Crippen LogP contribution in [0.2, 0.25) is 0 Å². The third-order valence-corrected chi connectivity index (χ3v) is 2.77. The molecule has 0 aromatic rings. The van der Waals surface area contributed by atoms with Crippen molar-refractivity contribution in [3.05, 3.63) is 0 Å². The molecule has 0 aliphatic carbocycles. The molecule has 1 aliphatic heterocycles. The van der Waals surface area contributed by atoms with E-state index in [1.807, 2.05) is 20.8 Å². The van der Waals surface area contributed by atoms with Gasteiger partial charge < -0.3 is 15.5 Å². The summed E-state index contributed by atoms with van der Waals surface area (Å²) in [4.78, 5) is 25.1. The molecule has 1 rings (SSSR count). The van der Waals surface area contributed by atoms with Crippen molar-refractivity contribution in [2.24, 2.45) is 0 Å². The predicted molar refractivity (Wildman–Crippen MR) is 66.6 cm³/mol. The first-order chi connectivity index (χ1) is 7.83. The average molecular weight is 241 g/mol. The Morgan fingerprint density at radius 2 is 2.12 bits per heavy atom. The molecule has 1 aliphatic rings. The van der Waals surface area contributed by atoms with Gasteiger partial charge in [-0.25, -0.2) is 0 Å². The standard InChI is InChI=1S/C12H23N3O2/c1-12(2,3)14-10(16)6-8-15-7-5-9(13-4)11(15)17/h9,13H,5-8H2,1-4H3,(H,14,16). The third kappa shape index (κ3) is 4.34. The Labute approximate surface area is 103 Å². The maximum Gasteiger partial charge on any atom is 0.239 e. The fourth-order valence-electron chi connectivity index (χ4n) is 1.95. The van der Waals surface area contributed by atoms with Crippen LogP contribution in [-0.4, -0.2) is 48.4 Å². The van der Waals surface area contributed by atoms with Gasteiger partial charge in [0, 0.05) is 25.0 Å².